The molecule has 4 nitrogen and oxygen atoms in total. The molecular formula is C15H14FN3OS. The lowest BCUT2D eigenvalue weighted by Crippen LogP contribution is -2.31. The zero-order valence-corrected chi connectivity index (χ0v) is 12.2. The maximum Gasteiger partial charge on any atom is 0.276 e. The molecule has 1 heterocycles. The Morgan fingerprint density at radius 2 is 2.14 bits per heavy atom. The zero-order chi connectivity index (χ0) is 15.4. The Labute approximate surface area is 127 Å². The van der Waals surface area contributed by atoms with E-state index in [0.717, 1.165) is 0 Å². The van der Waals surface area contributed by atoms with E-state index >= 15 is 0 Å². The van der Waals surface area contributed by atoms with E-state index < -0.39 is 5.82 Å². The monoisotopic (exact) mass is 303 g/mol. The molecule has 108 valence electrons. The van der Waals surface area contributed by atoms with E-state index in [1.165, 1.54) is 23.2 Å². The second-order valence-electron chi connectivity index (χ2n) is 4.33. The molecule has 2 aromatic rings. The SMILES string of the molecule is CCN(C(=O)c1ccc(C(N)=S)cn1)c1cccc(F)c1. The summed E-state index contributed by atoms with van der Waals surface area (Å²) in [4.78, 5) is 18.2. The molecule has 0 saturated carbocycles. The standard InChI is InChI=1S/C15H14FN3OS/c1-2-19(12-5-3-4-11(16)8-12)15(20)13-7-6-10(9-18-13)14(17)21/h3-9H,2H2,1H3,(H2,17,21). The first-order valence-electron chi connectivity index (χ1n) is 6.36. The summed E-state index contributed by atoms with van der Waals surface area (Å²) in [5.41, 5.74) is 6.82. The van der Waals surface area contributed by atoms with Crippen LogP contribution in [0.3, 0.4) is 0 Å². The molecule has 6 heteroatoms. The van der Waals surface area contributed by atoms with Crippen LogP contribution in [0.1, 0.15) is 23.0 Å². The predicted octanol–water partition coefficient (Wildman–Crippen LogP) is 2.52. The van der Waals surface area contributed by atoms with Crippen LogP contribution in [0.25, 0.3) is 0 Å². The number of amides is 1. The van der Waals surface area contributed by atoms with E-state index in [1.54, 1.807) is 24.3 Å². The van der Waals surface area contributed by atoms with Crippen LogP contribution in [0.15, 0.2) is 42.6 Å². The Balaban J connectivity index is 2.30. The van der Waals surface area contributed by atoms with Crippen molar-refractivity contribution in [3.8, 4) is 0 Å². The van der Waals surface area contributed by atoms with Gasteiger partial charge in [0.15, 0.2) is 0 Å². The number of carbonyl (C=O) groups excluding carboxylic acids is 1. The van der Waals surface area contributed by atoms with Crippen molar-refractivity contribution in [3.05, 3.63) is 59.7 Å². The number of nitrogens with two attached hydrogens (primary N) is 1. The highest BCUT2D eigenvalue weighted by Gasteiger charge is 2.17. The Morgan fingerprint density at radius 3 is 2.67 bits per heavy atom. The van der Waals surface area contributed by atoms with Gasteiger partial charge in [-0.1, -0.05) is 18.3 Å². The average molecular weight is 303 g/mol. The molecule has 0 saturated heterocycles. The lowest BCUT2D eigenvalue weighted by atomic mass is 10.2. The minimum absolute atomic E-state index is 0.221. The van der Waals surface area contributed by atoms with Crippen molar-refractivity contribution in [3.63, 3.8) is 0 Å². The van der Waals surface area contributed by atoms with Gasteiger partial charge >= 0.3 is 0 Å². The number of anilines is 1. The van der Waals surface area contributed by atoms with Gasteiger partial charge in [-0.2, -0.15) is 0 Å². The third kappa shape index (κ3) is 3.41. The molecule has 0 aliphatic heterocycles. The number of benzene rings is 1. The van der Waals surface area contributed by atoms with Crippen molar-refractivity contribution in [1.29, 1.82) is 0 Å². The molecule has 0 aliphatic carbocycles. The molecule has 2 rings (SSSR count). The van der Waals surface area contributed by atoms with Gasteiger partial charge in [-0.15, -0.1) is 0 Å². The summed E-state index contributed by atoms with van der Waals surface area (Å²) < 4.78 is 13.3. The number of thiocarbonyl (C=S) groups is 1. The van der Waals surface area contributed by atoms with E-state index in [0.29, 0.717) is 17.8 Å². The minimum Gasteiger partial charge on any atom is -0.389 e. The largest absolute Gasteiger partial charge is 0.389 e. The molecule has 0 bridgehead atoms. The number of hydrogen-bond donors (Lipinski definition) is 1. The molecule has 1 amide bonds. The summed E-state index contributed by atoms with van der Waals surface area (Å²) in [5, 5.41) is 0. The summed E-state index contributed by atoms with van der Waals surface area (Å²) in [6, 6.07) is 9.07. The number of hydrogen-bond acceptors (Lipinski definition) is 3. The fourth-order valence-electron chi connectivity index (χ4n) is 1.89. The van der Waals surface area contributed by atoms with Crippen molar-refractivity contribution in [2.24, 2.45) is 5.73 Å². The Morgan fingerprint density at radius 1 is 1.38 bits per heavy atom. The second-order valence-corrected chi connectivity index (χ2v) is 4.77. The topological polar surface area (TPSA) is 59.2 Å². The summed E-state index contributed by atoms with van der Waals surface area (Å²) in [6.07, 6.45) is 1.45. The quantitative estimate of drug-likeness (QED) is 0.882. The molecule has 1 aromatic carbocycles. The fourth-order valence-corrected chi connectivity index (χ4v) is 2.01. The van der Waals surface area contributed by atoms with Crippen LogP contribution in [0.4, 0.5) is 10.1 Å². The van der Waals surface area contributed by atoms with Gasteiger partial charge in [-0.25, -0.2) is 4.39 Å². The average Bonchev–Trinajstić information content (AvgIpc) is 2.48. The summed E-state index contributed by atoms with van der Waals surface area (Å²) in [5.74, 6) is -0.701. The maximum absolute atomic E-state index is 13.3. The molecular weight excluding hydrogens is 289 g/mol. The van der Waals surface area contributed by atoms with Gasteiger partial charge in [0.2, 0.25) is 0 Å². The van der Waals surface area contributed by atoms with Gasteiger partial charge in [0.05, 0.1) is 0 Å². The van der Waals surface area contributed by atoms with Crippen LogP contribution in [-0.4, -0.2) is 22.4 Å². The third-order valence-corrected chi connectivity index (χ3v) is 3.18. The molecule has 0 unspecified atom stereocenters. The number of carbonyl (C=O) groups is 1. The summed E-state index contributed by atoms with van der Waals surface area (Å²) in [6.45, 7) is 2.22. The summed E-state index contributed by atoms with van der Waals surface area (Å²) >= 11 is 4.84. The van der Waals surface area contributed by atoms with Gasteiger partial charge in [0.25, 0.3) is 5.91 Å². The number of rotatable bonds is 4. The van der Waals surface area contributed by atoms with E-state index in [4.69, 9.17) is 18.0 Å². The Hall–Kier alpha value is -2.34. The van der Waals surface area contributed by atoms with Gasteiger partial charge < -0.3 is 10.6 Å². The maximum atomic E-state index is 13.3. The van der Waals surface area contributed by atoms with E-state index in [9.17, 15) is 9.18 Å². The number of pyridine rings is 1. The third-order valence-electron chi connectivity index (χ3n) is 2.95. The Kier molecular flexibility index (Phi) is 4.59. The molecule has 1 aromatic heterocycles. The number of aromatic nitrogens is 1. The van der Waals surface area contributed by atoms with Gasteiger partial charge in [-0.05, 0) is 37.3 Å². The highest BCUT2D eigenvalue weighted by atomic mass is 32.1. The smallest absolute Gasteiger partial charge is 0.276 e. The van der Waals surface area contributed by atoms with Crippen molar-refractivity contribution in [2.75, 3.05) is 11.4 Å². The Bertz CT molecular complexity index is 673. The lowest BCUT2D eigenvalue weighted by Gasteiger charge is -2.20. The van der Waals surface area contributed by atoms with Gasteiger partial charge in [0.1, 0.15) is 16.5 Å². The number of nitrogens with zero attached hydrogens (tertiary/aromatic N) is 2. The molecule has 0 spiro atoms. The van der Waals surface area contributed by atoms with Gasteiger partial charge in [0, 0.05) is 24.0 Å². The molecule has 21 heavy (non-hydrogen) atoms. The van der Waals surface area contributed by atoms with Crippen molar-refractivity contribution < 1.29 is 9.18 Å². The first-order valence-corrected chi connectivity index (χ1v) is 6.77. The fraction of sp³-hybridized carbons (Fsp3) is 0.133. The van der Waals surface area contributed by atoms with E-state index in [1.807, 2.05) is 6.92 Å². The predicted molar refractivity (Wildman–Crippen MR) is 83.9 cm³/mol. The van der Waals surface area contributed by atoms with Gasteiger partial charge in [-0.3, -0.25) is 9.78 Å². The van der Waals surface area contributed by atoms with Crippen LogP contribution in [0.2, 0.25) is 0 Å². The lowest BCUT2D eigenvalue weighted by molar-refractivity contribution is 0.0983. The highest BCUT2D eigenvalue weighted by molar-refractivity contribution is 7.80. The van der Waals surface area contributed by atoms with Crippen LogP contribution in [0.5, 0.6) is 0 Å². The van der Waals surface area contributed by atoms with Crippen molar-refractivity contribution >= 4 is 28.8 Å². The summed E-state index contributed by atoms with van der Waals surface area (Å²) in [7, 11) is 0. The van der Waals surface area contributed by atoms with Crippen LogP contribution >= 0.6 is 12.2 Å². The van der Waals surface area contributed by atoms with Crippen LogP contribution < -0.4 is 10.6 Å². The first kappa shape index (κ1) is 15.1. The number of halogens is 1. The van der Waals surface area contributed by atoms with E-state index in [2.05, 4.69) is 4.98 Å². The van der Waals surface area contributed by atoms with Crippen LogP contribution in [0, 0.1) is 5.82 Å². The molecule has 2 N–H and O–H groups in total. The normalized spacial score (nSPS) is 10.2. The molecule has 0 fully saturated rings. The molecule has 0 aliphatic rings. The second kappa shape index (κ2) is 6.41. The molecule has 0 atom stereocenters. The van der Waals surface area contributed by atoms with Crippen molar-refractivity contribution in [1.82, 2.24) is 4.98 Å². The highest BCUT2D eigenvalue weighted by Crippen LogP contribution is 2.17. The van der Waals surface area contributed by atoms with Crippen LogP contribution in [-0.2, 0) is 0 Å². The van der Waals surface area contributed by atoms with Crippen molar-refractivity contribution in [2.45, 2.75) is 6.92 Å². The van der Waals surface area contributed by atoms with E-state index in [-0.39, 0.29) is 16.6 Å². The minimum atomic E-state index is -0.393. The molecule has 0 radical (unpaired) electrons. The zero-order valence-electron chi connectivity index (χ0n) is 11.4. The first-order chi connectivity index (χ1) is 10.0.